The molecule has 1 unspecified atom stereocenters. The van der Waals surface area contributed by atoms with Crippen LogP contribution in [0.3, 0.4) is 0 Å². The van der Waals surface area contributed by atoms with E-state index in [-0.39, 0.29) is 11.6 Å². The molecule has 9 heteroatoms. The summed E-state index contributed by atoms with van der Waals surface area (Å²) >= 11 is 0. The van der Waals surface area contributed by atoms with Gasteiger partial charge < -0.3 is 10.6 Å². The lowest BCUT2D eigenvalue weighted by molar-refractivity contribution is -0.138. The molecule has 0 aliphatic heterocycles. The van der Waals surface area contributed by atoms with Crippen molar-refractivity contribution < 1.29 is 26.3 Å². The second kappa shape index (κ2) is 5.76. The molecule has 1 rings (SSSR count). The fourth-order valence-electron chi connectivity index (χ4n) is 1.55. The van der Waals surface area contributed by atoms with Gasteiger partial charge in [0.15, 0.2) is 0 Å². The third-order valence-electron chi connectivity index (χ3n) is 2.34. The minimum absolute atomic E-state index is 0.0819. The van der Waals surface area contributed by atoms with Crippen LogP contribution in [0.25, 0.3) is 0 Å². The van der Waals surface area contributed by atoms with Crippen LogP contribution >= 0.6 is 0 Å². The Balaban J connectivity index is 2.95. The number of pyridine rings is 1. The molecular weight excluding hydrogens is 288 g/mol. The van der Waals surface area contributed by atoms with E-state index in [1.807, 2.05) is 0 Å². The summed E-state index contributed by atoms with van der Waals surface area (Å²) in [6, 6.07) is 0.364. The van der Waals surface area contributed by atoms with Crippen LogP contribution in [0.5, 0.6) is 0 Å². The van der Waals surface area contributed by atoms with Crippen molar-refractivity contribution in [2.24, 2.45) is 0 Å². The molecule has 3 nitrogen and oxygen atoms in total. The molecule has 0 saturated carbocycles. The van der Waals surface area contributed by atoms with Crippen molar-refractivity contribution in [3.05, 3.63) is 17.7 Å². The van der Waals surface area contributed by atoms with Gasteiger partial charge in [-0.15, -0.1) is 0 Å². The standard InChI is InChI=1S/C11H13F6N3/c1-6(5-10(12,13)14)19-9-4-7(11(15,16)17)3-8(18-2)20-9/h3-4,6H,5H2,1-2H3,(H2,18,19,20). The summed E-state index contributed by atoms with van der Waals surface area (Å²) in [5.41, 5.74) is -0.987. The number of rotatable bonds is 4. The lowest BCUT2D eigenvalue weighted by Gasteiger charge is -2.18. The molecule has 2 N–H and O–H groups in total. The highest BCUT2D eigenvalue weighted by Gasteiger charge is 2.33. The molecule has 1 aromatic heterocycles. The number of nitrogens with zero attached hydrogens (tertiary/aromatic N) is 1. The van der Waals surface area contributed by atoms with Crippen molar-refractivity contribution >= 4 is 11.6 Å². The van der Waals surface area contributed by atoms with Gasteiger partial charge in [0.2, 0.25) is 0 Å². The van der Waals surface area contributed by atoms with Gasteiger partial charge >= 0.3 is 12.4 Å². The smallest absolute Gasteiger partial charge is 0.373 e. The molecule has 0 bridgehead atoms. The van der Waals surface area contributed by atoms with Gasteiger partial charge in [-0.3, -0.25) is 0 Å². The number of hydrogen-bond donors (Lipinski definition) is 2. The van der Waals surface area contributed by atoms with Crippen molar-refractivity contribution in [3.63, 3.8) is 0 Å². The molecular formula is C11H13F6N3. The molecule has 0 amide bonds. The molecule has 114 valence electrons. The molecule has 1 atom stereocenters. The van der Waals surface area contributed by atoms with E-state index in [1.54, 1.807) is 0 Å². The van der Waals surface area contributed by atoms with Gasteiger partial charge in [0.05, 0.1) is 12.0 Å². The molecule has 0 fully saturated rings. The van der Waals surface area contributed by atoms with Crippen molar-refractivity contribution in [1.29, 1.82) is 0 Å². The summed E-state index contributed by atoms with van der Waals surface area (Å²) < 4.78 is 74.4. The Morgan fingerprint density at radius 3 is 2.10 bits per heavy atom. The Morgan fingerprint density at radius 1 is 1.10 bits per heavy atom. The highest BCUT2D eigenvalue weighted by molar-refractivity contribution is 5.49. The summed E-state index contributed by atoms with van der Waals surface area (Å²) in [7, 11) is 1.37. The van der Waals surface area contributed by atoms with Crippen LogP contribution in [-0.2, 0) is 6.18 Å². The largest absolute Gasteiger partial charge is 0.416 e. The number of aromatic nitrogens is 1. The first-order valence-corrected chi connectivity index (χ1v) is 5.61. The Labute approximate surface area is 111 Å². The number of anilines is 2. The van der Waals surface area contributed by atoms with E-state index in [9.17, 15) is 26.3 Å². The maximum atomic E-state index is 12.6. The molecule has 0 spiro atoms. The highest BCUT2D eigenvalue weighted by Crippen LogP contribution is 2.32. The Morgan fingerprint density at radius 2 is 1.65 bits per heavy atom. The minimum atomic E-state index is -4.60. The fraction of sp³-hybridized carbons (Fsp3) is 0.545. The Bertz CT molecular complexity index is 454. The van der Waals surface area contributed by atoms with E-state index in [2.05, 4.69) is 15.6 Å². The fourth-order valence-corrected chi connectivity index (χ4v) is 1.55. The lowest BCUT2D eigenvalue weighted by atomic mass is 10.2. The first kappa shape index (κ1) is 16.4. The van der Waals surface area contributed by atoms with Crippen LogP contribution in [0.15, 0.2) is 12.1 Å². The number of nitrogens with one attached hydrogen (secondary N) is 2. The van der Waals surface area contributed by atoms with E-state index in [0.29, 0.717) is 6.07 Å². The van der Waals surface area contributed by atoms with Gasteiger partial charge in [0.25, 0.3) is 0 Å². The third kappa shape index (κ3) is 5.14. The Hall–Kier alpha value is -1.67. The van der Waals surface area contributed by atoms with Crippen molar-refractivity contribution in [3.8, 4) is 0 Å². The summed E-state index contributed by atoms with van der Waals surface area (Å²) in [5, 5.41) is 4.74. The van der Waals surface area contributed by atoms with E-state index in [4.69, 9.17) is 0 Å². The highest BCUT2D eigenvalue weighted by atomic mass is 19.4. The Kier molecular flexibility index (Phi) is 4.72. The first-order chi connectivity index (χ1) is 9.01. The minimum Gasteiger partial charge on any atom is -0.373 e. The van der Waals surface area contributed by atoms with Crippen LogP contribution < -0.4 is 10.6 Å². The molecule has 0 saturated heterocycles. The maximum Gasteiger partial charge on any atom is 0.416 e. The van der Waals surface area contributed by atoms with Crippen LogP contribution in [0.1, 0.15) is 18.9 Å². The van der Waals surface area contributed by atoms with Crippen molar-refractivity contribution in [1.82, 2.24) is 4.98 Å². The number of hydrogen-bond acceptors (Lipinski definition) is 3. The lowest BCUT2D eigenvalue weighted by Crippen LogP contribution is -2.24. The van der Waals surface area contributed by atoms with E-state index >= 15 is 0 Å². The van der Waals surface area contributed by atoms with Gasteiger partial charge in [0.1, 0.15) is 11.6 Å². The predicted octanol–water partition coefficient (Wildman–Crippen LogP) is 3.89. The molecule has 0 radical (unpaired) electrons. The van der Waals surface area contributed by atoms with Gasteiger partial charge in [-0.1, -0.05) is 0 Å². The number of halogens is 6. The summed E-state index contributed by atoms with van der Waals surface area (Å²) in [6.45, 7) is 1.22. The third-order valence-corrected chi connectivity index (χ3v) is 2.34. The van der Waals surface area contributed by atoms with Crippen molar-refractivity contribution in [2.45, 2.75) is 31.7 Å². The normalized spacial score (nSPS) is 14.0. The summed E-state index contributed by atoms with van der Waals surface area (Å²) in [6.07, 6.45) is -10.2. The molecule has 0 aliphatic carbocycles. The summed E-state index contributed by atoms with van der Waals surface area (Å²) in [4.78, 5) is 3.75. The molecule has 0 aromatic carbocycles. The van der Waals surface area contributed by atoms with E-state index in [0.717, 1.165) is 6.07 Å². The van der Waals surface area contributed by atoms with Gasteiger partial charge in [-0.2, -0.15) is 26.3 Å². The average molecular weight is 301 g/mol. The average Bonchev–Trinajstić information content (AvgIpc) is 2.24. The zero-order chi connectivity index (χ0) is 15.6. The molecule has 1 aromatic rings. The second-order valence-corrected chi connectivity index (χ2v) is 4.24. The first-order valence-electron chi connectivity index (χ1n) is 5.61. The van der Waals surface area contributed by atoms with Crippen molar-refractivity contribution in [2.75, 3.05) is 17.7 Å². The maximum absolute atomic E-state index is 12.6. The van der Waals surface area contributed by atoms with Gasteiger partial charge in [-0.05, 0) is 19.1 Å². The predicted molar refractivity (Wildman–Crippen MR) is 62.5 cm³/mol. The van der Waals surface area contributed by atoms with Crippen LogP contribution in [0.4, 0.5) is 38.0 Å². The summed E-state index contributed by atoms with van der Waals surface area (Å²) in [5.74, 6) is -0.345. The molecule has 20 heavy (non-hydrogen) atoms. The van der Waals surface area contributed by atoms with Gasteiger partial charge in [0, 0.05) is 13.1 Å². The van der Waals surface area contributed by atoms with Crippen LogP contribution in [0.2, 0.25) is 0 Å². The SMILES string of the molecule is CNc1cc(C(F)(F)F)cc(NC(C)CC(F)(F)F)n1. The second-order valence-electron chi connectivity index (χ2n) is 4.24. The molecule has 0 aliphatic rings. The topological polar surface area (TPSA) is 37.0 Å². The van der Waals surface area contributed by atoms with E-state index in [1.165, 1.54) is 14.0 Å². The zero-order valence-electron chi connectivity index (χ0n) is 10.7. The zero-order valence-corrected chi connectivity index (χ0v) is 10.7. The van der Waals surface area contributed by atoms with Crippen LogP contribution in [-0.4, -0.2) is 24.2 Å². The van der Waals surface area contributed by atoms with Gasteiger partial charge in [-0.25, -0.2) is 4.98 Å². The molecule has 1 heterocycles. The number of alkyl halides is 6. The van der Waals surface area contributed by atoms with Crippen LogP contribution in [0, 0.1) is 0 Å². The monoisotopic (exact) mass is 301 g/mol. The van der Waals surface area contributed by atoms with E-state index < -0.39 is 30.4 Å². The quantitative estimate of drug-likeness (QED) is 0.828.